The molecule has 19 heavy (non-hydrogen) atoms. The van der Waals surface area contributed by atoms with Crippen LogP contribution in [0.15, 0.2) is 30.3 Å². The molecule has 1 aromatic carbocycles. The Kier molecular flexibility index (Phi) is 3.66. The van der Waals surface area contributed by atoms with E-state index in [4.69, 9.17) is 5.26 Å². The number of halogens is 3. The van der Waals surface area contributed by atoms with E-state index < -0.39 is 17.6 Å². The van der Waals surface area contributed by atoms with Gasteiger partial charge in [-0.3, -0.25) is 0 Å². The smallest absolute Gasteiger partial charge is 0.251 e. The predicted octanol–water partition coefficient (Wildman–Crippen LogP) is 2.98. The second-order valence-electron chi connectivity index (χ2n) is 3.75. The molecule has 6 heteroatoms. The van der Waals surface area contributed by atoms with E-state index in [1.165, 1.54) is 0 Å². The van der Waals surface area contributed by atoms with Gasteiger partial charge in [-0.2, -0.15) is 14.6 Å². The molecular formula is C13H8F3N3. The lowest BCUT2D eigenvalue weighted by molar-refractivity contribution is 0.466. The lowest BCUT2D eigenvalue weighted by atomic mass is 10.1. The van der Waals surface area contributed by atoms with Gasteiger partial charge in [-0.15, -0.1) is 0 Å². The maximum absolute atomic E-state index is 13.3. The Morgan fingerprint density at radius 1 is 1.11 bits per heavy atom. The molecule has 0 aliphatic heterocycles. The summed E-state index contributed by atoms with van der Waals surface area (Å²) < 4.78 is 38.8. The molecule has 0 saturated heterocycles. The first-order chi connectivity index (χ1) is 9.10. The summed E-state index contributed by atoms with van der Waals surface area (Å²) in [7, 11) is 0. The molecule has 2 aromatic rings. The zero-order chi connectivity index (χ0) is 13.8. The summed E-state index contributed by atoms with van der Waals surface area (Å²) >= 11 is 0. The maximum Gasteiger partial charge on any atom is 0.251 e. The number of pyridine rings is 1. The molecule has 1 heterocycles. The molecule has 0 aliphatic carbocycles. The van der Waals surface area contributed by atoms with Gasteiger partial charge in [-0.1, -0.05) is 12.1 Å². The number of hydrogen-bond donors (Lipinski definition) is 1. The van der Waals surface area contributed by atoms with Gasteiger partial charge in [-0.05, 0) is 17.7 Å². The Bertz CT molecular complexity index is 633. The lowest BCUT2D eigenvalue weighted by Crippen LogP contribution is -2.06. The van der Waals surface area contributed by atoms with Gasteiger partial charge in [0, 0.05) is 12.6 Å². The predicted molar refractivity (Wildman–Crippen MR) is 62.6 cm³/mol. The van der Waals surface area contributed by atoms with E-state index in [2.05, 4.69) is 10.3 Å². The number of nitriles is 1. The highest BCUT2D eigenvalue weighted by Gasteiger charge is 2.11. The van der Waals surface area contributed by atoms with Crippen molar-refractivity contribution in [2.75, 3.05) is 5.32 Å². The van der Waals surface area contributed by atoms with E-state index in [1.54, 1.807) is 24.3 Å². The van der Waals surface area contributed by atoms with Crippen LogP contribution < -0.4 is 5.32 Å². The van der Waals surface area contributed by atoms with E-state index in [1.807, 2.05) is 6.07 Å². The Labute approximate surface area is 107 Å². The van der Waals surface area contributed by atoms with Gasteiger partial charge in [0.2, 0.25) is 0 Å². The minimum atomic E-state index is -1.36. The normalized spacial score (nSPS) is 10.0. The molecule has 96 valence electrons. The lowest BCUT2D eigenvalue weighted by Gasteiger charge is -2.07. The van der Waals surface area contributed by atoms with Gasteiger partial charge >= 0.3 is 0 Å². The number of benzene rings is 1. The molecule has 0 fully saturated rings. The summed E-state index contributed by atoms with van der Waals surface area (Å²) in [6, 6.07) is 8.95. The summed E-state index contributed by atoms with van der Waals surface area (Å²) in [4.78, 5) is 3.14. The quantitative estimate of drug-likeness (QED) is 0.866. The monoisotopic (exact) mass is 263 g/mol. The van der Waals surface area contributed by atoms with Crippen LogP contribution in [0.25, 0.3) is 0 Å². The molecule has 1 N–H and O–H groups in total. The van der Waals surface area contributed by atoms with Crippen molar-refractivity contribution in [3.05, 3.63) is 59.0 Å². The van der Waals surface area contributed by atoms with Gasteiger partial charge in [0.1, 0.15) is 0 Å². The van der Waals surface area contributed by atoms with Crippen molar-refractivity contribution in [2.24, 2.45) is 0 Å². The highest BCUT2D eigenvalue weighted by atomic mass is 19.2. The third-order valence-electron chi connectivity index (χ3n) is 2.43. The van der Waals surface area contributed by atoms with Crippen LogP contribution in [0.5, 0.6) is 0 Å². The Hall–Kier alpha value is -2.55. The second kappa shape index (κ2) is 5.40. The standard InChI is InChI=1S/C13H8F3N3/c14-10-5-11(15)13(19-12(10)16)18-7-9-3-1-8(6-17)2-4-9/h1-5H,7H2,(H,18,19). The third-order valence-corrected chi connectivity index (χ3v) is 2.43. The van der Waals surface area contributed by atoms with Crippen molar-refractivity contribution in [2.45, 2.75) is 6.54 Å². The third kappa shape index (κ3) is 3.01. The number of aromatic nitrogens is 1. The van der Waals surface area contributed by atoms with Crippen molar-refractivity contribution in [1.29, 1.82) is 5.26 Å². The Morgan fingerprint density at radius 3 is 2.42 bits per heavy atom. The molecular weight excluding hydrogens is 255 g/mol. The van der Waals surface area contributed by atoms with Gasteiger partial charge < -0.3 is 5.32 Å². The van der Waals surface area contributed by atoms with Crippen LogP contribution in [0.3, 0.4) is 0 Å². The SMILES string of the molecule is N#Cc1ccc(CNc2nc(F)c(F)cc2F)cc1. The van der Waals surface area contributed by atoms with Crippen LogP contribution in [0.2, 0.25) is 0 Å². The first-order valence-electron chi connectivity index (χ1n) is 5.34. The van der Waals surface area contributed by atoms with Gasteiger partial charge in [0.05, 0.1) is 11.6 Å². The van der Waals surface area contributed by atoms with Crippen molar-refractivity contribution in [3.8, 4) is 6.07 Å². The molecule has 0 aliphatic rings. The molecule has 0 saturated carbocycles. The maximum atomic E-state index is 13.3. The minimum absolute atomic E-state index is 0.181. The van der Waals surface area contributed by atoms with Crippen LogP contribution in [0.4, 0.5) is 19.0 Å². The highest BCUT2D eigenvalue weighted by Crippen LogP contribution is 2.15. The molecule has 0 bridgehead atoms. The fourth-order valence-electron chi connectivity index (χ4n) is 1.45. The molecule has 0 atom stereocenters. The average Bonchev–Trinajstić information content (AvgIpc) is 2.42. The van der Waals surface area contributed by atoms with E-state index in [0.717, 1.165) is 5.56 Å². The van der Waals surface area contributed by atoms with E-state index in [0.29, 0.717) is 11.6 Å². The summed E-state index contributed by atoms with van der Waals surface area (Å²) in [5, 5.41) is 11.2. The van der Waals surface area contributed by atoms with Crippen molar-refractivity contribution in [1.82, 2.24) is 4.98 Å². The summed E-state index contributed by atoms with van der Waals surface area (Å²) in [5.74, 6) is -4.01. The topological polar surface area (TPSA) is 48.7 Å². The van der Waals surface area contributed by atoms with Crippen molar-refractivity contribution < 1.29 is 13.2 Å². The number of rotatable bonds is 3. The molecule has 0 amide bonds. The van der Waals surface area contributed by atoms with Crippen LogP contribution in [0, 0.1) is 28.9 Å². The number of anilines is 1. The summed E-state index contributed by atoms with van der Waals surface area (Å²) in [6.45, 7) is 0.181. The molecule has 2 rings (SSSR count). The van der Waals surface area contributed by atoms with Crippen LogP contribution in [-0.4, -0.2) is 4.98 Å². The molecule has 1 aromatic heterocycles. The number of hydrogen-bond acceptors (Lipinski definition) is 3. The van der Waals surface area contributed by atoms with Gasteiger partial charge in [0.25, 0.3) is 5.95 Å². The molecule has 0 unspecified atom stereocenters. The second-order valence-corrected chi connectivity index (χ2v) is 3.75. The average molecular weight is 263 g/mol. The zero-order valence-corrected chi connectivity index (χ0v) is 9.62. The fraction of sp³-hybridized carbons (Fsp3) is 0.0769. The Balaban J connectivity index is 2.10. The zero-order valence-electron chi connectivity index (χ0n) is 9.62. The highest BCUT2D eigenvalue weighted by molar-refractivity contribution is 5.38. The summed E-state index contributed by atoms with van der Waals surface area (Å²) in [5.41, 5.74) is 1.26. The molecule has 0 radical (unpaired) electrons. The first-order valence-corrected chi connectivity index (χ1v) is 5.34. The number of nitrogens with one attached hydrogen (secondary N) is 1. The van der Waals surface area contributed by atoms with Crippen LogP contribution >= 0.6 is 0 Å². The van der Waals surface area contributed by atoms with Crippen LogP contribution in [-0.2, 0) is 6.54 Å². The first kappa shape index (κ1) is 12.9. The van der Waals surface area contributed by atoms with Crippen molar-refractivity contribution >= 4 is 5.82 Å². The van der Waals surface area contributed by atoms with Crippen molar-refractivity contribution in [3.63, 3.8) is 0 Å². The van der Waals surface area contributed by atoms with Gasteiger partial charge in [0.15, 0.2) is 17.5 Å². The minimum Gasteiger partial charge on any atom is -0.363 e. The van der Waals surface area contributed by atoms with E-state index >= 15 is 0 Å². The number of nitrogens with zero attached hydrogens (tertiary/aromatic N) is 2. The van der Waals surface area contributed by atoms with E-state index in [9.17, 15) is 13.2 Å². The fourth-order valence-corrected chi connectivity index (χ4v) is 1.45. The summed E-state index contributed by atoms with van der Waals surface area (Å²) in [6.07, 6.45) is 0. The molecule has 0 spiro atoms. The molecule has 3 nitrogen and oxygen atoms in total. The largest absolute Gasteiger partial charge is 0.363 e. The van der Waals surface area contributed by atoms with E-state index in [-0.39, 0.29) is 12.4 Å². The van der Waals surface area contributed by atoms with Gasteiger partial charge in [-0.25, -0.2) is 8.78 Å². The van der Waals surface area contributed by atoms with Crippen LogP contribution in [0.1, 0.15) is 11.1 Å². The Morgan fingerprint density at radius 2 is 1.79 bits per heavy atom.